The van der Waals surface area contributed by atoms with Crippen molar-refractivity contribution < 1.29 is 0 Å². The highest BCUT2D eigenvalue weighted by Gasteiger charge is 2.18. The average Bonchev–Trinajstić information content (AvgIpc) is 3.25. The minimum atomic E-state index is -0.288. The standard InChI is InChI=1S/C22H14N2O2S2/c25-19-15-9-4-5-10-16(15)28-21-18(19)22(26)24(13-14-7-2-1-3-8-14)20(23-21)17-11-6-12-27-17/h1-12H,13H2. The summed E-state index contributed by atoms with van der Waals surface area (Å²) in [5.74, 6) is 0.599. The molecule has 0 saturated carbocycles. The van der Waals surface area contributed by atoms with Crippen LogP contribution in [0.25, 0.3) is 31.0 Å². The average molecular weight is 403 g/mol. The summed E-state index contributed by atoms with van der Waals surface area (Å²) in [4.78, 5) is 32.7. The van der Waals surface area contributed by atoms with Crippen molar-refractivity contribution in [2.75, 3.05) is 0 Å². The van der Waals surface area contributed by atoms with E-state index in [1.54, 1.807) is 10.6 Å². The van der Waals surface area contributed by atoms with E-state index in [0.29, 0.717) is 22.6 Å². The molecule has 0 saturated heterocycles. The quantitative estimate of drug-likeness (QED) is 0.409. The monoisotopic (exact) mass is 402 g/mol. The molecule has 5 rings (SSSR count). The van der Waals surface area contributed by atoms with Gasteiger partial charge in [-0.2, -0.15) is 0 Å². The van der Waals surface area contributed by atoms with E-state index in [1.807, 2.05) is 66.0 Å². The molecule has 0 radical (unpaired) electrons. The molecule has 0 atom stereocenters. The third-order valence-corrected chi connectivity index (χ3v) is 6.56. The fourth-order valence-corrected chi connectivity index (χ4v) is 5.05. The molecule has 0 aliphatic heterocycles. The summed E-state index contributed by atoms with van der Waals surface area (Å²) >= 11 is 2.92. The molecule has 5 aromatic rings. The highest BCUT2D eigenvalue weighted by molar-refractivity contribution is 7.24. The van der Waals surface area contributed by atoms with Crippen LogP contribution >= 0.6 is 22.7 Å². The molecular weight excluding hydrogens is 388 g/mol. The predicted octanol–water partition coefficient (Wildman–Crippen LogP) is 4.75. The smallest absolute Gasteiger partial charge is 0.266 e. The van der Waals surface area contributed by atoms with Gasteiger partial charge < -0.3 is 0 Å². The Labute approximate surface area is 168 Å². The number of aromatic nitrogens is 2. The first-order valence-electron chi connectivity index (χ1n) is 8.76. The molecular formula is C22H14N2O2S2. The molecule has 0 amide bonds. The van der Waals surface area contributed by atoms with E-state index in [0.717, 1.165) is 15.1 Å². The van der Waals surface area contributed by atoms with E-state index in [1.165, 1.54) is 22.7 Å². The molecule has 3 heterocycles. The Balaban J connectivity index is 1.88. The molecule has 136 valence electrons. The molecule has 6 heteroatoms. The van der Waals surface area contributed by atoms with Crippen LogP contribution in [0.4, 0.5) is 0 Å². The first-order chi connectivity index (χ1) is 13.7. The Morgan fingerprint density at radius 3 is 2.46 bits per heavy atom. The fourth-order valence-electron chi connectivity index (χ4n) is 3.29. The minimum absolute atomic E-state index is 0.167. The molecule has 0 unspecified atom stereocenters. The molecule has 0 fully saturated rings. The van der Waals surface area contributed by atoms with Gasteiger partial charge in [0.2, 0.25) is 5.43 Å². The van der Waals surface area contributed by atoms with E-state index < -0.39 is 0 Å². The van der Waals surface area contributed by atoms with Crippen LogP contribution in [0.3, 0.4) is 0 Å². The van der Waals surface area contributed by atoms with E-state index in [4.69, 9.17) is 4.98 Å². The third-order valence-electron chi connectivity index (χ3n) is 4.63. The molecule has 3 aromatic heterocycles. The maximum Gasteiger partial charge on any atom is 0.266 e. The normalized spacial score (nSPS) is 11.3. The summed E-state index contributed by atoms with van der Waals surface area (Å²) in [6.07, 6.45) is 0. The Morgan fingerprint density at radius 1 is 0.893 bits per heavy atom. The predicted molar refractivity (Wildman–Crippen MR) is 117 cm³/mol. The van der Waals surface area contributed by atoms with Gasteiger partial charge in [0.15, 0.2) is 5.82 Å². The van der Waals surface area contributed by atoms with Crippen molar-refractivity contribution in [3.8, 4) is 10.7 Å². The lowest BCUT2D eigenvalue weighted by atomic mass is 10.2. The van der Waals surface area contributed by atoms with Crippen molar-refractivity contribution in [1.29, 1.82) is 0 Å². The second-order valence-corrected chi connectivity index (χ2v) is 8.38. The zero-order chi connectivity index (χ0) is 19.1. The highest BCUT2D eigenvalue weighted by atomic mass is 32.1. The van der Waals surface area contributed by atoms with Crippen molar-refractivity contribution in [1.82, 2.24) is 9.55 Å². The Bertz CT molecular complexity index is 1420. The first kappa shape index (κ1) is 17.0. The van der Waals surface area contributed by atoms with Crippen LogP contribution in [0.5, 0.6) is 0 Å². The summed E-state index contributed by atoms with van der Waals surface area (Å²) < 4.78 is 2.46. The summed E-state index contributed by atoms with van der Waals surface area (Å²) in [5.41, 5.74) is 0.450. The maximum absolute atomic E-state index is 13.4. The van der Waals surface area contributed by atoms with Gasteiger partial charge in [-0.3, -0.25) is 14.2 Å². The van der Waals surface area contributed by atoms with Gasteiger partial charge in [0.1, 0.15) is 10.2 Å². The van der Waals surface area contributed by atoms with Crippen LogP contribution in [0.2, 0.25) is 0 Å². The molecule has 0 bridgehead atoms. The van der Waals surface area contributed by atoms with Crippen LogP contribution in [-0.4, -0.2) is 9.55 Å². The number of thiophene rings is 1. The lowest BCUT2D eigenvalue weighted by Gasteiger charge is -2.12. The van der Waals surface area contributed by atoms with Gasteiger partial charge in [0.25, 0.3) is 5.56 Å². The van der Waals surface area contributed by atoms with E-state index in [9.17, 15) is 9.59 Å². The van der Waals surface area contributed by atoms with Crippen molar-refractivity contribution >= 4 is 43.0 Å². The first-order valence-corrected chi connectivity index (χ1v) is 10.5. The molecule has 2 aromatic carbocycles. The fraction of sp³-hybridized carbons (Fsp3) is 0.0455. The van der Waals surface area contributed by atoms with E-state index >= 15 is 0 Å². The Morgan fingerprint density at radius 2 is 1.68 bits per heavy atom. The molecule has 0 spiro atoms. The minimum Gasteiger partial charge on any atom is -0.288 e. The number of hydrogen-bond donors (Lipinski definition) is 0. The van der Waals surface area contributed by atoms with Gasteiger partial charge in [-0.25, -0.2) is 4.98 Å². The largest absolute Gasteiger partial charge is 0.288 e. The van der Waals surface area contributed by atoms with Gasteiger partial charge in [-0.15, -0.1) is 22.7 Å². The van der Waals surface area contributed by atoms with Crippen LogP contribution in [-0.2, 0) is 6.54 Å². The lowest BCUT2D eigenvalue weighted by Crippen LogP contribution is -2.27. The number of fused-ring (bicyclic) bond motifs is 2. The third kappa shape index (κ3) is 2.78. The summed E-state index contributed by atoms with van der Waals surface area (Å²) in [6, 6.07) is 21.0. The summed E-state index contributed by atoms with van der Waals surface area (Å²) in [6.45, 7) is 0.368. The number of nitrogens with zero attached hydrogens (tertiary/aromatic N) is 2. The maximum atomic E-state index is 13.4. The SMILES string of the molecule is O=c1c2ccccc2sc2nc(-c3cccs3)n(Cc3ccccc3)c(=O)c12. The Hall–Kier alpha value is -3.09. The number of benzene rings is 2. The van der Waals surface area contributed by atoms with Crippen molar-refractivity contribution in [2.45, 2.75) is 6.54 Å². The van der Waals surface area contributed by atoms with Gasteiger partial charge in [0, 0.05) is 10.1 Å². The molecule has 0 aliphatic carbocycles. The zero-order valence-corrected chi connectivity index (χ0v) is 16.3. The second kappa shape index (κ2) is 6.82. The van der Waals surface area contributed by atoms with Gasteiger partial charge in [-0.1, -0.05) is 48.5 Å². The van der Waals surface area contributed by atoms with Crippen molar-refractivity contribution in [3.63, 3.8) is 0 Å². The van der Waals surface area contributed by atoms with E-state index in [2.05, 4.69) is 0 Å². The number of hydrogen-bond acceptors (Lipinski definition) is 5. The molecule has 0 aliphatic rings. The van der Waals surface area contributed by atoms with Gasteiger partial charge in [-0.05, 0) is 29.1 Å². The van der Waals surface area contributed by atoms with Crippen molar-refractivity contribution in [2.24, 2.45) is 0 Å². The molecule has 0 N–H and O–H groups in total. The van der Waals surface area contributed by atoms with Gasteiger partial charge in [0.05, 0.1) is 11.4 Å². The number of rotatable bonds is 3. The Kier molecular flexibility index (Phi) is 4.15. The van der Waals surface area contributed by atoms with Crippen LogP contribution in [0.1, 0.15) is 5.56 Å². The van der Waals surface area contributed by atoms with Crippen LogP contribution in [0, 0.1) is 0 Å². The van der Waals surface area contributed by atoms with Crippen LogP contribution < -0.4 is 11.0 Å². The topological polar surface area (TPSA) is 52.0 Å². The second-order valence-electron chi connectivity index (χ2n) is 6.40. The summed E-state index contributed by atoms with van der Waals surface area (Å²) in [7, 11) is 0. The van der Waals surface area contributed by atoms with Crippen LogP contribution in [0.15, 0.2) is 81.7 Å². The zero-order valence-electron chi connectivity index (χ0n) is 14.7. The summed E-state index contributed by atoms with van der Waals surface area (Å²) in [5, 5.41) is 2.69. The van der Waals surface area contributed by atoms with Gasteiger partial charge >= 0.3 is 0 Å². The van der Waals surface area contributed by atoms with Crippen molar-refractivity contribution in [3.05, 3.63) is 98.3 Å². The molecule has 28 heavy (non-hydrogen) atoms. The van der Waals surface area contributed by atoms with E-state index in [-0.39, 0.29) is 16.4 Å². The lowest BCUT2D eigenvalue weighted by molar-refractivity contribution is 0.761. The highest BCUT2D eigenvalue weighted by Crippen LogP contribution is 2.27. The molecule has 4 nitrogen and oxygen atoms in total.